The van der Waals surface area contributed by atoms with Crippen LogP contribution in [0.5, 0.6) is 0 Å². The molecule has 0 unspecified atom stereocenters. The molecule has 0 saturated heterocycles. The normalized spacial score (nSPS) is 12.2. The Labute approximate surface area is 146 Å². The predicted octanol–water partition coefficient (Wildman–Crippen LogP) is 3.00. The minimum absolute atomic E-state index is 0.169. The van der Waals surface area contributed by atoms with Crippen LogP contribution in [0.15, 0.2) is 22.8 Å². The van der Waals surface area contributed by atoms with Crippen molar-refractivity contribution in [3.8, 4) is 0 Å². The van der Waals surface area contributed by atoms with Gasteiger partial charge in [-0.1, -0.05) is 12.1 Å². The molecule has 24 heavy (non-hydrogen) atoms. The number of nitrogens with one attached hydrogen (secondary N) is 1. The number of hydrogen-bond acceptors (Lipinski definition) is 5. The third-order valence-corrected chi connectivity index (χ3v) is 4.77. The number of hydrogen-bond donors (Lipinski definition) is 1. The highest BCUT2D eigenvalue weighted by Gasteiger charge is 2.22. The number of carbonyl (C=O) groups is 2. The second-order valence-corrected chi connectivity index (χ2v) is 6.73. The molecule has 130 valence electrons. The molecule has 0 spiro atoms. The summed E-state index contributed by atoms with van der Waals surface area (Å²) in [6.45, 7) is 4.02. The quantitative estimate of drug-likeness (QED) is 0.778. The van der Waals surface area contributed by atoms with Gasteiger partial charge in [0.1, 0.15) is 11.6 Å². The summed E-state index contributed by atoms with van der Waals surface area (Å²) < 4.78 is 10.4. The Balaban J connectivity index is 2.11. The molecule has 2 aromatic rings. The van der Waals surface area contributed by atoms with Crippen LogP contribution in [0, 0.1) is 13.8 Å². The monoisotopic (exact) mass is 349 g/mol. The molecule has 0 fully saturated rings. The summed E-state index contributed by atoms with van der Waals surface area (Å²) in [5, 5.41) is 3.70. The minimum Gasteiger partial charge on any atom is -0.467 e. The van der Waals surface area contributed by atoms with E-state index in [0.29, 0.717) is 6.42 Å². The molecule has 5 nitrogen and oxygen atoms in total. The van der Waals surface area contributed by atoms with Crippen LogP contribution in [-0.2, 0) is 20.7 Å². The fourth-order valence-corrected chi connectivity index (χ4v) is 3.04. The zero-order valence-electron chi connectivity index (χ0n) is 14.5. The Kier molecular flexibility index (Phi) is 6.31. The van der Waals surface area contributed by atoms with Crippen LogP contribution >= 0.6 is 11.8 Å². The van der Waals surface area contributed by atoms with Crippen LogP contribution in [0.25, 0.3) is 11.0 Å². The minimum atomic E-state index is -0.614. The van der Waals surface area contributed by atoms with E-state index in [9.17, 15) is 9.59 Å². The van der Waals surface area contributed by atoms with Crippen molar-refractivity contribution < 1.29 is 18.7 Å². The zero-order chi connectivity index (χ0) is 17.7. The Hall–Kier alpha value is -1.95. The van der Waals surface area contributed by atoms with E-state index in [1.807, 2.05) is 32.2 Å². The first kappa shape index (κ1) is 18.4. The highest BCUT2D eigenvalue weighted by Crippen LogP contribution is 2.26. The molecule has 1 aromatic heterocycles. The van der Waals surface area contributed by atoms with Gasteiger partial charge in [0, 0.05) is 10.9 Å². The molecule has 0 aliphatic carbocycles. The maximum Gasteiger partial charge on any atom is 0.328 e. The fraction of sp³-hybridized carbons (Fsp3) is 0.444. The van der Waals surface area contributed by atoms with Crippen LogP contribution in [0.1, 0.15) is 23.1 Å². The summed E-state index contributed by atoms with van der Waals surface area (Å²) in [6.07, 6.45) is 4.29. The van der Waals surface area contributed by atoms with Gasteiger partial charge >= 0.3 is 5.97 Å². The first-order valence-corrected chi connectivity index (χ1v) is 9.19. The second kappa shape index (κ2) is 8.24. The van der Waals surface area contributed by atoms with E-state index in [-0.39, 0.29) is 12.3 Å². The molecule has 2 rings (SSSR count). The van der Waals surface area contributed by atoms with Crippen LogP contribution in [0.4, 0.5) is 0 Å². The van der Waals surface area contributed by atoms with Crippen LogP contribution in [0.2, 0.25) is 0 Å². The van der Waals surface area contributed by atoms with E-state index in [1.54, 1.807) is 18.0 Å². The Morgan fingerprint density at radius 2 is 2.08 bits per heavy atom. The van der Waals surface area contributed by atoms with Crippen LogP contribution < -0.4 is 5.32 Å². The molecule has 0 saturated carbocycles. The topological polar surface area (TPSA) is 68.5 Å². The molecule has 1 N–H and O–H groups in total. The van der Waals surface area contributed by atoms with Crippen molar-refractivity contribution >= 4 is 34.6 Å². The van der Waals surface area contributed by atoms with Crippen molar-refractivity contribution in [1.82, 2.24) is 5.32 Å². The lowest BCUT2D eigenvalue weighted by molar-refractivity contribution is -0.145. The van der Waals surface area contributed by atoms with Gasteiger partial charge in [-0.15, -0.1) is 0 Å². The third-order valence-electron chi connectivity index (χ3n) is 4.12. The molecule has 0 aliphatic rings. The number of carbonyl (C=O) groups excluding carboxylic acids is 2. The number of amides is 1. The van der Waals surface area contributed by atoms with Gasteiger partial charge in [0.15, 0.2) is 0 Å². The number of ether oxygens (including phenoxy) is 1. The number of furan rings is 1. The summed E-state index contributed by atoms with van der Waals surface area (Å²) in [6, 6.07) is 3.37. The van der Waals surface area contributed by atoms with Crippen molar-refractivity contribution in [2.75, 3.05) is 19.1 Å². The maximum atomic E-state index is 12.3. The summed E-state index contributed by atoms with van der Waals surface area (Å²) in [5.74, 6) is 0.140. The molecular formula is C18H23NO4S. The van der Waals surface area contributed by atoms with Gasteiger partial charge in [-0.05, 0) is 43.4 Å². The molecule has 6 heteroatoms. The van der Waals surface area contributed by atoms with Gasteiger partial charge in [0.05, 0.1) is 19.8 Å². The van der Waals surface area contributed by atoms with Crippen molar-refractivity contribution in [3.63, 3.8) is 0 Å². The van der Waals surface area contributed by atoms with E-state index in [1.165, 1.54) is 7.11 Å². The average molecular weight is 349 g/mol. The number of thioether (sulfide) groups is 1. The maximum absolute atomic E-state index is 12.3. The number of aryl methyl sites for hydroxylation is 2. The SMILES string of the molecule is COC(=O)[C@H](CCSC)NC(=O)Cc1coc2c(C)c(C)ccc12. The van der Waals surface area contributed by atoms with Crippen molar-refractivity contribution in [1.29, 1.82) is 0 Å². The van der Waals surface area contributed by atoms with Gasteiger partial charge in [0.25, 0.3) is 0 Å². The second-order valence-electron chi connectivity index (χ2n) is 5.75. The van der Waals surface area contributed by atoms with E-state index in [2.05, 4.69) is 5.32 Å². The summed E-state index contributed by atoms with van der Waals surface area (Å²) in [7, 11) is 1.33. The number of fused-ring (bicyclic) bond motifs is 1. The molecule has 0 aliphatic heterocycles. The van der Waals surface area contributed by atoms with Crippen LogP contribution in [0.3, 0.4) is 0 Å². The predicted molar refractivity (Wildman–Crippen MR) is 96.3 cm³/mol. The number of esters is 1. The van der Waals surface area contributed by atoms with Crippen molar-refractivity contribution in [2.45, 2.75) is 32.7 Å². The smallest absolute Gasteiger partial charge is 0.328 e. The molecule has 1 amide bonds. The standard InChI is InChI=1S/C18H23NO4S/c1-11-5-6-14-13(10-23-17(14)12(11)2)9-16(20)19-15(7-8-24-4)18(21)22-3/h5-6,10,15H,7-9H2,1-4H3,(H,19,20)/t15-/m0/s1. The van der Waals surface area contributed by atoms with Crippen LogP contribution in [-0.4, -0.2) is 37.0 Å². The zero-order valence-corrected chi connectivity index (χ0v) is 15.3. The van der Waals surface area contributed by atoms with E-state index in [0.717, 1.165) is 33.4 Å². The summed E-state index contributed by atoms with van der Waals surface area (Å²) in [5.41, 5.74) is 3.85. The van der Waals surface area contributed by atoms with Gasteiger partial charge in [0.2, 0.25) is 5.91 Å². The largest absolute Gasteiger partial charge is 0.467 e. The van der Waals surface area contributed by atoms with Crippen molar-refractivity contribution in [2.24, 2.45) is 0 Å². The Morgan fingerprint density at radius 3 is 2.75 bits per heavy atom. The van der Waals surface area contributed by atoms with Gasteiger partial charge in [-0.3, -0.25) is 4.79 Å². The summed E-state index contributed by atoms with van der Waals surface area (Å²) >= 11 is 1.62. The third kappa shape index (κ3) is 4.12. The Morgan fingerprint density at radius 1 is 1.33 bits per heavy atom. The number of methoxy groups -OCH3 is 1. The molecular weight excluding hydrogens is 326 g/mol. The van der Waals surface area contributed by atoms with Gasteiger partial charge in [-0.2, -0.15) is 11.8 Å². The number of rotatable bonds is 7. The highest BCUT2D eigenvalue weighted by atomic mass is 32.2. The fourth-order valence-electron chi connectivity index (χ4n) is 2.57. The first-order valence-electron chi connectivity index (χ1n) is 7.80. The van der Waals surface area contributed by atoms with Gasteiger partial charge in [-0.25, -0.2) is 4.79 Å². The van der Waals surface area contributed by atoms with E-state index >= 15 is 0 Å². The summed E-state index contributed by atoms with van der Waals surface area (Å²) in [4.78, 5) is 24.1. The molecule has 1 heterocycles. The van der Waals surface area contributed by atoms with E-state index in [4.69, 9.17) is 9.15 Å². The Bertz CT molecular complexity index is 738. The van der Waals surface area contributed by atoms with E-state index < -0.39 is 12.0 Å². The van der Waals surface area contributed by atoms with Crippen molar-refractivity contribution in [3.05, 3.63) is 35.1 Å². The lowest BCUT2D eigenvalue weighted by Crippen LogP contribution is -2.42. The number of benzene rings is 1. The van der Waals surface area contributed by atoms with Gasteiger partial charge < -0.3 is 14.5 Å². The lowest BCUT2D eigenvalue weighted by atomic mass is 10.0. The first-order chi connectivity index (χ1) is 11.5. The molecule has 0 radical (unpaired) electrons. The molecule has 1 atom stereocenters. The molecule has 0 bridgehead atoms. The lowest BCUT2D eigenvalue weighted by Gasteiger charge is -2.15. The highest BCUT2D eigenvalue weighted by molar-refractivity contribution is 7.98. The molecule has 1 aromatic carbocycles. The average Bonchev–Trinajstić information content (AvgIpc) is 2.97.